The lowest BCUT2D eigenvalue weighted by molar-refractivity contribution is -0.130. The van der Waals surface area contributed by atoms with Crippen LogP contribution in [0.15, 0.2) is 48.5 Å². The van der Waals surface area contributed by atoms with E-state index in [4.69, 9.17) is 16.3 Å². The predicted molar refractivity (Wildman–Crippen MR) is 110 cm³/mol. The lowest BCUT2D eigenvalue weighted by atomic mass is 10.1. The molecule has 1 atom stereocenters. The Balaban J connectivity index is 1.49. The van der Waals surface area contributed by atoms with E-state index in [-0.39, 0.29) is 11.9 Å². The number of rotatable bonds is 6. The Kier molecular flexibility index (Phi) is 6.58. The second kappa shape index (κ2) is 9.11. The van der Waals surface area contributed by atoms with E-state index >= 15 is 0 Å². The average Bonchev–Trinajstić information content (AvgIpc) is 2.72. The largest absolute Gasteiger partial charge is 0.495 e. The summed E-state index contributed by atoms with van der Waals surface area (Å²) < 4.78 is 5.45. The van der Waals surface area contributed by atoms with Gasteiger partial charge in [-0.1, -0.05) is 35.9 Å². The van der Waals surface area contributed by atoms with Crippen LogP contribution < -0.4 is 15.0 Å². The van der Waals surface area contributed by atoms with Gasteiger partial charge in [-0.15, -0.1) is 0 Å². The lowest BCUT2D eigenvalue weighted by Gasteiger charge is -2.36. The zero-order valence-electron chi connectivity index (χ0n) is 15.8. The van der Waals surface area contributed by atoms with Crippen LogP contribution in [0.5, 0.6) is 5.75 Å². The Morgan fingerprint density at radius 3 is 2.44 bits per heavy atom. The molecule has 0 saturated carbocycles. The summed E-state index contributed by atoms with van der Waals surface area (Å²) in [5.74, 6) is 1.01. The summed E-state index contributed by atoms with van der Waals surface area (Å²) in [6, 6.07) is 15.8. The zero-order valence-corrected chi connectivity index (χ0v) is 16.6. The molecule has 1 saturated heterocycles. The van der Waals surface area contributed by atoms with E-state index in [0.29, 0.717) is 19.6 Å². The highest BCUT2D eigenvalue weighted by Crippen LogP contribution is 2.28. The highest BCUT2D eigenvalue weighted by atomic mass is 35.5. The number of nitrogens with zero attached hydrogens (tertiary/aromatic N) is 2. The van der Waals surface area contributed by atoms with Crippen molar-refractivity contribution in [2.24, 2.45) is 0 Å². The number of carbonyl (C=O) groups excluding carboxylic acids is 1. The Labute approximate surface area is 165 Å². The van der Waals surface area contributed by atoms with Crippen molar-refractivity contribution in [2.75, 3.05) is 44.7 Å². The van der Waals surface area contributed by atoms with E-state index in [1.165, 1.54) is 0 Å². The first kappa shape index (κ1) is 19.5. The number of amides is 1. The molecule has 0 aliphatic carbocycles. The first-order chi connectivity index (χ1) is 13.1. The molecule has 1 fully saturated rings. The Hall–Kier alpha value is -2.24. The SMILES string of the molecule is COc1ccccc1N1CCN(C(=O)CN[C@H](C)c2ccc(Cl)cc2)CC1. The monoisotopic (exact) mass is 387 g/mol. The molecular formula is C21H26ClN3O2. The Morgan fingerprint density at radius 2 is 1.78 bits per heavy atom. The molecule has 0 aromatic heterocycles. The third-order valence-electron chi connectivity index (χ3n) is 4.99. The fourth-order valence-electron chi connectivity index (χ4n) is 3.31. The van der Waals surface area contributed by atoms with Gasteiger partial charge in [-0.25, -0.2) is 0 Å². The number of benzene rings is 2. The Bertz CT molecular complexity index is 758. The molecule has 0 radical (unpaired) electrons. The molecule has 144 valence electrons. The molecule has 5 nitrogen and oxygen atoms in total. The van der Waals surface area contributed by atoms with Crippen LogP contribution in [0.25, 0.3) is 0 Å². The highest BCUT2D eigenvalue weighted by Gasteiger charge is 2.23. The molecule has 1 aliphatic rings. The maximum absolute atomic E-state index is 12.6. The van der Waals surface area contributed by atoms with E-state index in [1.54, 1.807) is 7.11 Å². The van der Waals surface area contributed by atoms with E-state index in [1.807, 2.05) is 47.4 Å². The van der Waals surface area contributed by atoms with Crippen molar-refractivity contribution in [1.29, 1.82) is 0 Å². The van der Waals surface area contributed by atoms with E-state index in [0.717, 1.165) is 35.1 Å². The van der Waals surface area contributed by atoms with Crippen molar-refractivity contribution in [3.8, 4) is 5.75 Å². The van der Waals surface area contributed by atoms with Gasteiger partial charge in [0.25, 0.3) is 0 Å². The summed E-state index contributed by atoms with van der Waals surface area (Å²) in [5, 5.41) is 4.03. The quantitative estimate of drug-likeness (QED) is 0.825. The summed E-state index contributed by atoms with van der Waals surface area (Å²) in [7, 11) is 1.69. The van der Waals surface area contributed by atoms with E-state index < -0.39 is 0 Å². The van der Waals surface area contributed by atoms with Crippen molar-refractivity contribution < 1.29 is 9.53 Å². The first-order valence-electron chi connectivity index (χ1n) is 9.23. The summed E-state index contributed by atoms with van der Waals surface area (Å²) >= 11 is 5.93. The van der Waals surface area contributed by atoms with Crippen LogP contribution in [0.1, 0.15) is 18.5 Å². The van der Waals surface area contributed by atoms with Gasteiger partial charge in [-0.3, -0.25) is 4.79 Å². The number of anilines is 1. The molecule has 2 aromatic rings. The normalized spacial score (nSPS) is 15.5. The minimum absolute atomic E-state index is 0.0982. The predicted octanol–water partition coefficient (Wildman–Crippen LogP) is 3.35. The van der Waals surface area contributed by atoms with Gasteiger partial charge in [0.15, 0.2) is 0 Å². The number of carbonyl (C=O) groups is 1. The number of hydrogen-bond donors (Lipinski definition) is 1. The van der Waals surface area contributed by atoms with Gasteiger partial charge >= 0.3 is 0 Å². The molecule has 1 N–H and O–H groups in total. The minimum Gasteiger partial charge on any atom is -0.495 e. The van der Waals surface area contributed by atoms with Crippen molar-refractivity contribution >= 4 is 23.2 Å². The third-order valence-corrected chi connectivity index (χ3v) is 5.24. The van der Waals surface area contributed by atoms with Gasteiger partial charge in [-0.2, -0.15) is 0 Å². The van der Waals surface area contributed by atoms with Crippen LogP contribution in [0.4, 0.5) is 5.69 Å². The van der Waals surface area contributed by atoms with Gasteiger partial charge in [-0.05, 0) is 36.8 Å². The molecule has 1 aliphatic heterocycles. The van der Waals surface area contributed by atoms with Crippen LogP contribution in [0, 0.1) is 0 Å². The second-order valence-corrected chi connectivity index (χ2v) is 7.13. The highest BCUT2D eigenvalue weighted by molar-refractivity contribution is 6.30. The van der Waals surface area contributed by atoms with Gasteiger partial charge < -0.3 is 19.9 Å². The molecule has 0 spiro atoms. The summed E-state index contributed by atoms with van der Waals surface area (Å²) in [4.78, 5) is 16.7. The standard InChI is InChI=1S/C21H26ClN3O2/c1-16(17-7-9-18(22)10-8-17)23-15-21(26)25-13-11-24(12-14-25)19-5-3-4-6-20(19)27-2/h3-10,16,23H,11-15H2,1-2H3/t16-/m1/s1. The number of ether oxygens (including phenoxy) is 1. The van der Waals surface area contributed by atoms with Gasteiger partial charge in [0.1, 0.15) is 5.75 Å². The summed E-state index contributed by atoms with van der Waals surface area (Å²) in [5.41, 5.74) is 2.20. The second-order valence-electron chi connectivity index (χ2n) is 6.69. The molecule has 0 unspecified atom stereocenters. The number of para-hydroxylation sites is 2. The molecule has 1 amide bonds. The molecule has 2 aromatic carbocycles. The maximum Gasteiger partial charge on any atom is 0.236 e. The van der Waals surface area contributed by atoms with Crippen LogP contribution in [-0.2, 0) is 4.79 Å². The fraction of sp³-hybridized carbons (Fsp3) is 0.381. The fourth-order valence-corrected chi connectivity index (χ4v) is 3.44. The van der Waals surface area contributed by atoms with Crippen LogP contribution in [0.2, 0.25) is 5.02 Å². The number of hydrogen-bond acceptors (Lipinski definition) is 4. The van der Waals surface area contributed by atoms with Gasteiger partial charge in [0.05, 0.1) is 19.3 Å². The number of piperazine rings is 1. The third kappa shape index (κ3) is 4.93. The smallest absolute Gasteiger partial charge is 0.236 e. The molecule has 3 rings (SSSR count). The van der Waals surface area contributed by atoms with Gasteiger partial charge in [0, 0.05) is 37.2 Å². The minimum atomic E-state index is 0.0982. The molecule has 1 heterocycles. The van der Waals surface area contributed by atoms with E-state index in [2.05, 4.69) is 23.2 Å². The maximum atomic E-state index is 12.6. The summed E-state index contributed by atoms with van der Waals surface area (Å²) in [6.45, 7) is 5.42. The zero-order chi connectivity index (χ0) is 19.2. The van der Waals surface area contributed by atoms with Gasteiger partial charge in [0.2, 0.25) is 5.91 Å². The van der Waals surface area contributed by atoms with Crippen LogP contribution in [0.3, 0.4) is 0 Å². The summed E-state index contributed by atoms with van der Waals surface area (Å²) in [6.07, 6.45) is 0. The lowest BCUT2D eigenvalue weighted by Crippen LogP contribution is -2.51. The van der Waals surface area contributed by atoms with Crippen molar-refractivity contribution in [3.05, 3.63) is 59.1 Å². The molecular weight excluding hydrogens is 362 g/mol. The van der Waals surface area contributed by atoms with Crippen molar-refractivity contribution in [3.63, 3.8) is 0 Å². The van der Waals surface area contributed by atoms with E-state index in [9.17, 15) is 4.79 Å². The van der Waals surface area contributed by atoms with Crippen LogP contribution >= 0.6 is 11.6 Å². The molecule has 6 heteroatoms. The number of methoxy groups -OCH3 is 1. The van der Waals surface area contributed by atoms with Crippen LogP contribution in [-0.4, -0.2) is 50.6 Å². The first-order valence-corrected chi connectivity index (χ1v) is 9.61. The molecule has 27 heavy (non-hydrogen) atoms. The average molecular weight is 388 g/mol. The van der Waals surface area contributed by atoms with Crippen molar-refractivity contribution in [1.82, 2.24) is 10.2 Å². The molecule has 0 bridgehead atoms. The Morgan fingerprint density at radius 1 is 1.11 bits per heavy atom. The topological polar surface area (TPSA) is 44.8 Å². The number of nitrogens with one attached hydrogen (secondary N) is 1. The van der Waals surface area contributed by atoms with Crippen molar-refractivity contribution in [2.45, 2.75) is 13.0 Å². The number of halogens is 1.